The van der Waals surface area contributed by atoms with E-state index in [0.717, 1.165) is 48.2 Å². The van der Waals surface area contributed by atoms with Crippen molar-refractivity contribution in [3.63, 3.8) is 0 Å². The van der Waals surface area contributed by atoms with E-state index in [-0.39, 0.29) is 24.0 Å². The van der Waals surface area contributed by atoms with E-state index >= 15 is 0 Å². The van der Waals surface area contributed by atoms with Gasteiger partial charge in [0.05, 0.1) is 18.8 Å². The first-order chi connectivity index (χ1) is 14.2. The number of nitrogens with one attached hydrogen (secondary N) is 2. The van der Waals surface area contributed by atoms with Crippen LogP contribution in [-0.4, -0.2) is 32.4 Å². The fourth-order valence-electron chi connectivity index (χ4n) is 3.08. The lowest BCUT2D eigenvalue weighted by Crippen LogP contribution is -2.36. The molecule has 0 radical (unpaired) electrons. The number of nitrogens with zero attached hydrogens (tertiary/aromatic N) is 5. The summed E-state index contributed by atoms with van der Waals surface area (Å²) >= 11 is 0. The molecule has 8 nitrogen and oxygen atoms in total. The molecule has 0 atom stereocenters. The van der Waals surface area contributed by atoms with Crippen LogP contribution in [0.1, 0.15) is 56.5 Å². The Bertz CT molecular complexity index is 904. The summed E-state index contributed by atoms with van der Waals surface area (Å²) in [5.41, 5.74) is 2.08. The normalized spacial score (nSPS) is 11.4. The first-order valence-corrected chi connectivity index (χ1v) is 10.2. The molecule has 0 saturated carbocycles. The summed E-state index contributed by atoms with van der Waals surface area (Å²) in [5.74, 6) is 2.76. The number of hydrogen-bond donors (Lipinski definition) is 2. The SMILES string of the molecule is CCNC(=NCc1ccnc(-n2cccn2)c1)NCc1cc(C(CC)CC)no1.I. The summed E-state index contributed by atoms with van der Waals surface area (Å²) < 4.78 is 7.22. The first-order valence-electron chi connectivity index (χ1n) is 10.2. The maximum atomic E-state index is 5.48. The molecule has 162 valence electrons. The van der Waals surface area contributed by atoms with Crippen LogP contribution in [0.25, 0.3) is 5.82 Å². The Morgan fingerprint density at radius 3 is 2.70 bits per heavy atom. The molecule has 3 aromatic rings. The average Bonchev–Trinajstić information content (AvgIpc) is 3.44. The van der Waals surface area contributed by atoms with Gasteiger partial charge in [0, 0.05) is 37.1 Å². The van der Waals surface area contributed by atoms with Crippen LogP contribution >= 0.6 is 24.0 Å². The van der Waals surface area contributed by atoms with Crippen molar-refractivity contribution >= 4 is 29.9 Å². The molecule has 2 N–H and O–H groups in total. The molecular weight excluding hydrogens is 493 g/mol. The number of pyridine rings is 1. The number of guanidine groups is 1. The Balaban J connectivity index is 0.00000320. The number of aliphatic imine (C=N–C) groups is 1. The maximum absolute atomic E-state index is 5.48. The van der Waals surface area contributed by atoms with Crippen molar-refractivity contribution < 1.29 is 4.52 Å². The molecule has 0 spiro atoms. The van der Waals surface area contributed by atoms with Gasteiger partial charge >= 0.3 is 0 Å². The third-order valence-corrected chi connectivity index (χ3v) is 4.72. The minimum absolute atomic E-state index is 0. The molecule has 0 unspecified atom stereocenters. The van der Waals surface area contributed by atoms with Gasteiger partial charge in [0.1, 0.15) is 0 Å². The molecule has 0 aliphatic carbocycles. The Labute approximate surface area is 194 Å². The number of aromatic nitrogens is 4. The zero-order valence-corrected chi connectivity index (χ0v) is 20.0. The largest absolute Gasteiger partial charge is 0.359 e. The van der Waals surface area contributed by atoms with Gasteiger partial charge in [-0.05, 0) is 43.5 Å². The highest BCUT2D eigenvalue weighted by Crippen LogP contribution is 2.22. The highest BCUT2D eigenvalue weighted by molar-refractivity contribution is 14.0. The quantitative estimate of drug-likeness (QED) is 0.250. The molecule has 0 fully saturated rings. The summed E-state index contributed by atoms with van der Waals surface area (Å²) in [5, 5.41) is 15.0. The zero-order chi connectivity index (χ0) is 20.5. The molecule has 9 heteroatoms. The van der Waals surface area contributed by atoms with Crippen molar-refractivity contribution in [1.82, 2.24) is 30.6 Å². The molecular formula is C21H30IN7O. The lowest BCUT2D eigenvalue weighted by Gasteiger charge is -2.10. The molecule has 30 heavy (non-hydrogen) atoms. The Morgan fingerprint density at radius 1 is 1.17 bits per heavy atom. The fraction of sp³-hybridized carbons (Fsp3) is 0.429. The van der Waals surface area contributed by atoms with E-state index < -0.39 is 0 Å². The van der Waals surface area contributed by atoms with Gasteiger partial charge in [-0.25, -0.2) is 14.7 Å². The third kappa shape index (κ3) is 6.54. The van der Waals surface area contributed by atoms with Crippen LogP contribution in [0, 0.1) is 0 Å². The summed E-state index contributed by atoms with van der Waals surface area (Å²) in [6.07, 6.45) is 7.50. The average molecular weight is 523 g/mol. The van der Waals surface area contributed by atoms with Crippen LogP contribution in [0.3, 0.4) is 0 Å². The van der Waals surface area contributed by atoms with Crippen LogP contribution in [0.15, 0.2) is 52.4 Å². The molecule has 0 aromatic carbocycles. The molecule has 0 aliphatic rings. The minimum atomic E-state index is 0. The van der Waals surface area contributed by atoms with E-state index in [1.807, 2.05) is 37.4 Å². The van der Waals surface area contributed by atoms with Crippen molar-refractivity contribution in [2.24, 2.45) is 4.99 Å². The Kier molecular flexibility index (Phi) is 9.78. The van der Waals surface area contributed by atoms with E-state index in [9.17, 15) is 0 Å². The maximum Gasteiger partial charge on any atom is 0.191 e. The summed E-state index contributed by atoms with van der Waals surface area (Å²) in [7, 11) is 0. The van der Waals surface area contributed by atoms with Crippen molar-refractivity contribution in [2.75, 3.05) is 6.54 Å². The second-order valence-electron chi connectivity index (χ2n) is 6.75. The number of halogens is 1. The minimum Gasteiger partial charge on any atom is -0.359 e. The van der Waals surface area contributed by atoms with Crippen LogP contribution in [0.5, 0.6) is 0 Å². The van der Waals surface area contributed by atoms with Crippen LogP contribution in [0.4, 0.5) is 0 Å². The van der Waals surface area contributed by atoms with Crippen molar-refractivity contribution in [3.8, 4) is 5.82 Å². The van der Waals surface area contributed by atoms with E-state index in [1.165, 1.54) is 0 Å². The van der Waals surface area contributed by atoms with E-state index in [2.05, 4.69) is 44.7 Å². The second kappa shape index (κ2) is 12.3. The first kappa shape index (κ1) is 23.8. The Morgan fingerprint density at radius 2 is 2.00 bits per heavy atom. The second-order valence-corrected chi connectivity index (χ2v) is 6.75. The smallest absolute Gasteiger partial charge is 0.191 e. The van der Waals surface area contributed by atoms with Gasteiger partial charge in [-0.15, -0.1) is 24.0 Å². The van der Waals surface area contributed by atoms with Crippen molar-refractivity contribution in [1.29, 1.82) is 0 Å². The highest BCUT2D eigenvalue weighted by Gasteiger charge is 2.13. The number of hydrogen-bond acceptors (Lipinski definition) is 5. The van der Waals surface area contributed by atoms with Gasteiger partial charge < -0.3 is 15.2 Å². The monoisotopic (exact) mass is 523 g/mol. The van der Waals surface area contributed by atoms with Gasteiger partial charge in [0.25, 0.3) is 0 Å². The third-order valence-electron chi connectivity index (χ3n) is 4.72. The predicted molar refractivity (Wildman–Crippen MR) is 128 cm³/mol. The summed E-state index contributed by atoms with van der Waals surface area (Å²) in [6.45, 7) is 8.23. The topological polar surface area (TPSA) is 93.2 Å². The molecule has 0 aliphatic heterocycles. The molecule has 0 amide bonds. The van der Waals surface area contributed by atoms with Crippen molar-refractivity contribution in [2.45, 2.75) is 52.6 Å². The van der Waals surface area contributed by atoms with Crippen LogP contribution in [0.2, 0.25) is 0 Å². The lowest BCUT2D eigenvalue weighted by molar-refractivity contribution is 0.368. The fourth-order valence-corrected chi connectivity index (χ4v) is 3.08. The molecule has 3 heterocycles. The van der Waals surface area contributed by atoms with Gasteiger partial charge in [-0.1, -0.05) is 19.0 Å². The molecule has 0 bridgehead atoms. The van der Waals surface area contributed by atoms with E-state index in [0.29, 0.717) is 19.0 Å². The molecule has 3 rings (SSSR count). The molecule has 0 saturated heterocycles. The Hall–Kier alpha value is -2.43. The zero-order valence-electron chi connectivity index (χ0n) is 17.7. The number of rotatable bonds is 9. The lowest BCUT2D eigenvalue weighted by atomic mass is 9.99. The summed E-state index contributed by atoms with van der Waals surface area (Å²) in [6, 6.07) is 7.85. The molecule has 3 aromatic heterocycles. The van der Waals surface area contributed by atoms with E-state index in [4.69, 9.17) is 4.52 Å². The van der Waals surface area contributed by atoms with Gasteiger partial charge in [-0.3, -0.25) is 0 Å². The van der Waals surface area contributed by atoms with Gasteiger partial charge in [0.2, 0.25) is 0 Å². The standard InChI is InChI=1S/C21H29N7O.HI/c1-4-17(5-2)19-13-18(29-27-19)15-25-21(22-6-3)24-14-16-8-10-23-20(12-16)28-11-7-9-26-28;/h7-13,17H,4-6,14-15H2,1-3H3,(H2,22,24,25);1H. The van der Waals surface area contributed by atoms with Crippen molar-refractivity contribution in [3.05, 3.63) is 59.9 Å². The summed E-state index contributed by atoms with van der Waals surface area (Å²) in [4.78, 5) is 9.02. The predicted octanol–water partition coefficient (Wildman–Crippen LogP) is 4.03. The highest BCUT2D eigenvalue weighted by atomic mass is 127. The van der Waals surface area contributed by atoms with Crippen LogP contribution in [-0.2, 0) is 13.1 Å². The van der Waals surface area contributed by atoms with E-state index in [1.54, 1.807) is 17.1 Å². The van der Waals surface area contributed by atoms with Crippen LogP contribution < -0.4 is 10.6 Å². The van der Waals surface area contributed by atoms with Gasteiger partial charge in [0.15, 0.2) is 17.5 Å². The van der Waals surface area contributed by atoms with Gasteiger partial charge in [-0.2, -0.15) is 5.10 Å².